The lowest BCUT2D eigenvalue weighted by molar-refractivity contribution is 0.142. The Hall–Kier alpha value is -3.02. The van der Waals surface area contributed by atoms with Gasteiger partial charge in [-0.05, 0) is 12.1 Å². The molecule has 2 aromatic carbocycles. The third-order valence-electron chi connectivity index (χ3n) is 2.96. The number of benzene rings is 2. The molecule has 0 saturated heterocycles. The van der Waals surface area contributed by atoms with E-state index in [1.807, 2.05) is 0 Å². The van der Waals surface area contributed by atoms with Crippen molar-refractivity contribution in [1.82, 2.24) is 0 Å². The van der Waals surface area contributed by atoms with E-state index in [0.717, 1.165) is 0 Å². The average molecular weight is 332 g/mol. The van der Waals surface area contributed by atoms with Crippen LogP contribution in [0.1, 0.15) is 26.7 Å². The zero-order chi connectivity index (χ0) is 17.9. The number of carboxylic acid groups (broad SMARTS) is 2. The molecule has 2 aromatic rings. The molecule has 0 atom stereocenters. The molecular formula is C18H20O6. The summed E-state index contributed by atoms with van der Waals surface area (Å²) in [5.74, 6) is 0.197. The van der Waals surface area contributed by atoms with E-state index in [2.05, 4.69) is 23.3 Å². The summed E-state index contributed by atoms with van der Waals surface area (Å²) >= 11 is 0. The summed E-state index contributed by atoms with van der Waals surface area (Å²) in [6, 6.07) is 12.8. The van der Waals surface area contributed by atoms with Gasteiger partial charge in [0.1, 0.15) is 11.5 Å². The number of rotatable bonds is 4. The van der Waals surface area contributed by atoms with E-state index in [4.69, 9.17) is 10.2 Å². The molecule has 0 heterocycles. The van der Waals surface area contributed by atoms with Crippen LogP contribution < -0.4 is 9.47 Å². The maximum atomic E-state index is 10.7. The van der Waals surface area contributed by atoms with Gasteiger partial charge < -0.3 is 19.7 Å². The average Bonchev–Trinajstić information content (AvgIpc) is 2.55. The van der Waals surface area contributed by atoms with Crippen LogP contribution in [-0.2, 0) is 0 Å². The molecule has 0 unspecified atom stereocenters. The lowest BCUT2D eigenvalue weighted by Crippen LogP contribution is -2.06. The van der Waals surface area contributed by atoms with Gasteiger partial charge in [-0.1, -0.05) is 63.1 Å². The smallest absolute Gasteiger partial charge is 0.449 e. The van der Waals surface area contributed by atoms with Crippen LogP contribution in [0.15, 0.2) is 48.5 Å². The van der Waals surface area contributed by atoms with Crippen molar-refractivity contribution in [1.29, 1.82) is 0 Å². The fraction of sp³-hybridized carbons (Fsp3) is 0.222. The quantitative estimate of drug-likeness (QED) is 0.585. The van der Waals surface area contributed by atoms with Crippen molar-refractivity contribution in [3.63, 3.8) is 0 Å². The van der Waals surface area contributed by atoms with E-state index in [-0.39, 0.29) is 11.5 Å². The molecule has 6 heteroatoms. The second-order valence-electron chi connectivity index (χ2n) is 4.73. The van der Waals surface area contributed by atoms with E-state index < -0.39 is 12.3 Å². The Bertz CT molecular complexity index is 621. The Kier molecular flexibility index (Phi) is 7.84. The van der Waals surface area contributed by atoms with Crippen LogP contribution in [0, 0.1) is 0 Å². The summed E-state index contributed by atoms with van der Waals surface area (Å²) in [7, 11) is 0. The molecule has 0 fully saturated rings. The minimum absolute atomic E-state index is 0.0986. The number of unbranched alkanes of at least 4 members (excludes halogenated alkanes) is 1. The Morgan fingerprint density at radius 3 is 1.38 bits per heavy atom. The fourth-order valence-electron chi connectivity index (χ4n) is 1.74. The summed E-state index contributed by atoms with van der Waals surface area (Å²) in [6.07, 6.45) is -0.261. The van der Waals surface area contributed by atoms with Gasteiger partial charge in [-0.2, -0.15) is 0 Å². The molecule has 0 spiro atoms. The Balaban J connectivity index is 0.000000648. The molecule has 0 aliphatic heterocycles. The standard InChI is InChI=1S/C14H10O6.C4H10/c15-13(16)19-11-7-3-1-5-9(11)10-6-2-4-8-12(10)20-14(17)18;1-3-4-2/h1-8H,(H,15,16)(H,17,18);3-4H2,1-2H3. The summed E-state index contributed by atoms with van der Waals surface area (Å²) in [4.78, 5) is 21.3. The number of hydrogen-bond acceptors (Lipinski definition) is 4. The molecule has 2 N–H and O–H groups in total. The highest BCUT2D eigenvalue weighted by molar-refractivity contribution is 5.79. The van der Waals surface area contributed by atoms with E-state index >= 15 is 0 Å². The normalized spacial score (nSPS) is 9.42. The van der Waals surface area contributed by atoms with Crippen LogP contribution in [0.4, 0.5) is 9.59 Å². The lowest BCUT2D eigenvalue weighted by Gasteiger charge is -2.11. The topological polar surface area (TPSA) is 93.1 Å². The number of ether oxygens (including phenoxy) is 2. The van der Waals surface area contributed by atoms with Crippen molar-refractivity contribution in [3.05, 3.63) is 48.5 Å². The monoisotopic (exact) mass is 332 g/mol. The van der Waals surface area contributed by atoms with Gasteiger partial charge in [0.05, 0.1) is 0 Å². The van der Waals surface area contributed by atoms with Crippen LogP contribution in [0.2, 0.25) is 0 Å². The van der Waals surface area contributed by atoms with E-state index in [9.17, 15) is 9.59 Å². The van der Waals surface area contributed by atoms with E-state index in [0.29, 0.717) is 11.1 Å². The molecule has 0 radical (unpaired) electrons. The molecule has 128 valence electrons. The Morgan fingerprint density at radius 2 is 1.08 bits per heavy atom. The van der Waals surface area contributed by atoms with Gasteiger partial charge in [0, 0.05) is 11.1 Å². The first-order chi connectivity index (χ1) is 11.5. The third-order valence-corrected chi connectivity index (χ3v) is 2.96. The highest BCUT2D eigenvalue weighted by Gasteiger charge is 2.14. The predicted molar refractivity (Wildman–Crippen MR) is 89.8 cm³/mol. The van der Waals surface area contributed by atoms with E-state index in [1.165, 1.54) is 25.0 Å². The molecular weight excluding hydrogens is 312 g/mol. The first-order valence-corrected chi connectivity index (χ1v) is 7.49. The number of carbonyl (C=O) groups is 2. The van der Waals surface area contributed by atoms with Gasteiger partial charge in [0.15, 0.2) is 0 Å². The first-order valence-electron chi connectivity index (χ1n) is 7.49. The van der Waals surface area contributed by atoms with Crippen molar-refractivity contribution in [2.45, 2.75) is 26.7 Å². The second-order valence-corrected chi connectivity index (χ2v) is 4.73. The van der Waals surface area contributed by atoms with Gasteiger partial charge >= 0.3 is 12.3 Å². The molecule has 0 bridgehead atoms. The number of para-hydroxylation sites is 2. The summed E-state index contributed by atoms with van der Waals surface area (Å²) in [5.41, 5.74) is 0.846. The van der Waals surface area contributed by atoms with Gasteiger partial charge in [-0.15, -0.1) is 0 Å². The van der Waals surface area contributed by atoms with Crippen LogP contribution in [0.3, 0.4) is 0 Å². The van der Waals surface area contributed by atoms with Crippen molar-refractivity contribution in [2.24, 2.45) is 0 Å². The molecule has 2 rings (SSSR count). The van der Waals surface area contributed by atoms with Gasteiger partial charge in [0.25, 0.3) is 0 Å². The second kappa shape index (κ2) is 9.89. The van der Waals surface area contributed by atoms with E-state index in [1.54, 1.807) is 36.4 Å². The molecule has 0 amide bonds. The maximum Gasteiger partial charge on any atom is 0.511 e. The minimum Gasteiger partial charge on any atom is -0.449 e. The molecule has 0 aromatic heterocycles. The zero-order valence-electron chi connectivity index (χ0n) is 13.6. The molecule has 6 nitrogen and oxygen atoms in total. The van der Waals surface area contributed by atoms with Crippen molar-refractivity contribution in [2.75, 3.05) is 0 Å². The predicted octanol–water partition coefficient (Wildman–Crippen LogP) is 5.27. The van der Waals surface area contributed by atoms with Crippen molar-refractivity contribution < 1.29 is 29.3 Å². The number of hydrogen-bond donors (Lipinski definition) is 2. The van der Waals surface area contributed by atoms with Gasteiger partial charge in [-0.3, -0.25) is 0 Å². The lowest BCUT2D eigenvalue weighted by atomic mass is 10.0. The van der Waals surface area contributed by atoms with Crippen molar-refractivity contribution >= 4 is 12.3 Å². The highest BCUT2D eigenvalue weighted by atomic mass is 16.7. The molecule has 0 saturated carbocycles. The van der Waals surface area contributed by atoms with Crippen molar-refractivity contribution in [3.8, 4) is 22.6 Å². The minimum atomic E-state index is -1.45. The Labute approximate surface area is 140 Å². The molecule has 0 aliphatic carbocycles. The first kappa shape index (κ1) is 19.0. The summed E-state index contributed by atoms with van der Waals surface area (Å²) in [6.45, 7) is 4.36. The van der Waals surface area contributed by atoms with Crippen LogP contribution in [0.5, 0.6) is 11.5 Å². The summed E-state index contributed by atoms with van der Waals surface area (Å²) < 4.78 is 9.35. The zero-order valence-corrected chi connectivity index (χ0v) is 13.6. The van der Waals surface area contributed by atoms with Gasteiger partial charge in [-0.25, -0.2) is 9.59 Å². The third kappa shape index (κ3) is 6.00. The fourth-order valence-corrected chi connectivity index (χ4v) is 1.74. The molecule has 0 aliphatic rings. The summed E-state index contributed by atoms with van der Waals surface area (Å²) in [5, 5.41) is 17.4. The molecule has 24 heavy (non-hydrogen) atoms. The van der Waals surface area contributed by atoms with Crippen LogP contribution >= 0.6 is 0 Å². The van der Waals surface area contributed by atoms with Crippen LogP contribution in [-0.4, -0.2) is 22.5 Å². The largest absolute Gasteiger partial charge is 0.511 e. The SMILES string of the molecule is CCCC.O=C(O)Oc1ccccc1-c1ccccc1OC(=O)O. The Morgan fingerprint density at radius 1 is 0.750 bits per heavy atom. The highest BCUT2D eigenvalue weighted by Crippen LogP contribution is 2.36. The van der Waals surface area contributed by atoms with Gasteiger partial charge in [0.2, 0.25) is 0 Å². The van der Waals surface area contributed by atoms with Crippen LogP contribution in [0.25, 0.3) is 11.1 Å². The maximum absolute atomic E-state index is 10.7.